The van der Waals surface area contributed by atoms with Crippen molar-refractivity contribution < 1.29 is 47.5 Å². The largest absolute Gasteiger partial charge is 0.480 e. The minimum atomic E-state index is -4.71. The number of phosphoric ester groups is 1. The Bertz CT molecular complexity index is 932. The number of aliphatic carboxylic acids is 1. The van der Waals surface area contributed by atoms with Crippen molar-refractivity contribution in [1.29, 1.82) is 0 Å². The van der Waals surface area contributed by atoms with Gasteiger partial charge in [0.2, 0.25) is 0 Å². The van der Waals surface area contributed by atoms with Gasteiger partial charge in [0, 0.05) is 12.8 Å². The Hall–Kier alpha value is -1.78. The number of hydrogen-bond donors (Lipinski definition) is 3. The van der Waals surface area contributed by atoms with Crippen LogP contribution in [0.25, 0.3) is 0 Å². The highest BCUT2D eigenvalue weighted by Crippen LogP contribution is 2.43. The number of allylic oxidation sites excluding steroid dienone is 2. The Morgan fingerprint density at radius 2 is 0.980 bits per heavy atom. The van der Waals surface area contributed by atoms with Gasteiger partial charge in [-0.3, -0.25) is 23.4 Å². The quantitative estimate of drug-likeness (QED) is 0.0237. The van der Waals surface area contributed by atoms with Gasteiger partial charge in [-0.15, -0.1) is 0 Å². The SMILES string of the molecule is CCCCC/C=C\CCCCCCCC(=O)OC[C@H](COP(=O)(O)OC[C@H](N)C(=O)O)OC(=O)CCCCCCCCCCCCCCCCC. The van der Waals surface area contributed by atoms with E-state index in [2.05, 4.69) is 30.5 Å². The number of carboxylic acid groups (broad SMARTS) is 1. The van der Waals surface area contributed by atoms with Crippen molar-refractivity contribution in [3.8, 4) is 0 Å². The summed E-state index contributed by atoms with van der Waals surface area (Å²) < 4.78 is 32.6. The van der Waals surface area contributed by atoms with Crippen molar-refractivity contribution in [2.45, 2.75) is 199 Å². The molecule has 0 aliphatic carbocycles. The van der Waals surface area contributed by atoms with Crippen LogP contribution in [-0.2, 0) is 37.5 Å². The molecule has 0 spiro atoms. The summed E-state index contributed by atoms with van der Waals surface area (Å²) in [6, 6.07) is -1.52. The van der Waals surface area contributed by atoms with Crippen molar-refractivity contribution in [2.24, 2.45) is 5.73 Å². The molecule has 0 fully saturated rings. The second-order valence-corrected chi connectivity index (χ2v) is 15.2. The van der Waals surface area contributed by atoms with Gasteiger partial charge in [0.05, 0.1) is 13.2 Å². The second kappa shape index (κ2) is 35.3. The van der Waals surface area contributed by atoms with E-state index in [1.165, 1.54) is 89.9 Å². The first-order chi connectivity index (χ1) is 24.6. The summed E-state index contributed by atoms with van der Waals surface area (Å²) >= 11 is 0. The zero-order valence-electron chi connectivity index (χ0n) is 32.2. The highest BCUT2D eigenvalue weighted by Gasteiger charge is 2.28. The Morgan fingerprint density at radius 3 is 1.47 bits per heavy atom. The van der Waals surface area contributed by atoms with Gasteiger partial charge in [-0.05, 0) is 38.5 Å². The van der Waals surface area contributed by atoms with Gasteiger partial charge in [0.15, 0.2) is 6.10 Å². The lowest BCUT2D eigenvalue weighted by Gasteiger charge is -2.20. The molecule has 0 amide bonds. The normalized spacial score (nSPS) is 14.0. The van der Waals surface area contributed by atoms with Gasteiger partial charge in [-0.1, -0.05) is 148 Å². The van der Waals surface area contributed by atoms with Crippen LogP contribution in [-0.4, -0.2) is 59.9 Å². The summed E-state index contributed by atoms with van der Waals surface area (Å²) in [4.78, 5) is 45.8. The first kappa shape index (κ1) is 49.2. The lowest BCUT2D eigenvalue weighted by Crippen LogP contribution is -2.34. The molecule has 1 unspecified atom stereocenters. The van der Waals surface area contributed by atoms with Crippen LogP contribution in [0.5, 0.6) is 0 Å². The minimum absolute atomic E-state index is 0.165. The van der Waals surface area contributed by atoms with E-state index in [-0.39, 0.29) is 19.4 Å². The molecular formula is C39H74NO10P. The molecule has 0 saturated heterocycles. The maximum Gasteiger partial charge on any atom is 0.472 e. The average Bonchev–Trinajstić information content (AvgIpc) is 3.10. The number of carbonyl (C=O) groups is 3. The molecule has 0 aliphatic rings. The number of rotatable bonds is 38. The average molecular weight is 748 g/mol. The maximum atomic E-state index is 12.6. The first-order valence-corrected chi connectivity index (χ1v) is 21.7. The number of carboxylic acids is 1. The zero-order valence-corrected chi connectivity index (χ0v) is 33.1. The molecule has 0 aromatic carbocycles. The number of nitrogens with two attached hydrogens (primary N) is 1. The van der Waals surface area contributed by atoms with Gasteiger partial charge < -0.3 is 25.2 Å². The summed E-state index contributed by atoms with van der Waals surface area (Å²) in [5, 5.41) is 8.86. The molecule has 3 atom stereocenters. The van der Waals surface area contributed by atoms with Crippen molar-refractivity contribution in [2.75, 3.05) is 19.8 Å². The summed E-state index contributed by atoms with van der Waals surface area (Å²) in [5.74, 6) is -2.38. The molecule has 12 heteroatoms. The van der Waals surface area contributed by atoms with Crippen LogP contribution in [0, 0.1) is 0 Å². The molecule has 0 aliphatic heterocycles. The van der Waals surface area contributed by atoms with Crippen LogP contribution in [0.3, 0.4) is 0 Å². The molecular weight excluding hydrogens is 673 g/mol. The van der Waals surface area contributed by atoms with Crippen LogP contribution in [0.15, 0.2) is 12.2 Å². The lowest BCUT2D eigenvalue weighted by atomic mass is 10.0. The van der Waals surface area contributed by atoms with Crippen molar-refractivity contribution in [3.63, 3.8) is 0 Å². The smallest absolute Gasteiger partial charge is 0.472 e. The zero-order chi connectivity index (χ0) is 37.8. The van der Waals surface area contributed by atoms with E-state index in [0.29, 0.717) is 12.8 Å². The maximum absolute atomic E-state index is 12.6. The Kier molecular flexibility index (Phi) is 34.0. The number of esters is 2. The van der Waals surface area contributed by atoms with Gasteiger partial charge in [0.1, 0.15) is 12.6 Å². The summed E-state index contributed by atoms with van der Waals surface area (Å²) in [5.41, 5.74) is 5.32. The third-order valence-electron chi connectivity index (χ3n) is 8.76. The Morgan fingerprint density at radius 1 is 0.588 bits per heavy atom. The fourth-order valence-corrected chi connectivity index (χ4v) is 6.31. The fraction of sp³-hybridized carbons (Fsp3) is 0.872. The molecule has 0 bridgehead atoms. The van der Waals surface area contributed by atoms with Gasteiger partial charge in [0.25, 0.3) is 0 Å². The van der Waals surface area contributed by atoms with E-state index in [1.54, 1.807) is 0 Å². The molecule has 0 saturated carbocycles. The monoisotopic (exact) mass is 748 g/mol. The van der Waals surface area contributed by atoms with E-state index in [4.69, 9.17) is 24.8 Å². The summed E-state index contributed by atoms with van der Waals surface area (Å²) in [6.07, 6.45) is 32.8. The van der Waals surface area contributed by atoms with Crippen LogP contribution in [0.2, 0.25) is 0 Å². The number of ether oxygens (including phenoxy) is 2. The number of carbonyl (C=O) groups excluding carboxylic acids is 2. The van der Waals surface area contributed by atoms with Crippen LogP contribution >= 0.6 is 7.82 Å². The van der Waals surface area contributed by atoms with Gasteiger partial charge >= 0.3 is 25.7 Å². The summed E-state index contributed by atoms with van der Waals surface area (Å²) in [7, 11) is -4.71. The Labute approximate surface area is 309 Å². The molecule has 0 aromatic rings. The van der Waals surface area contributed by atoms with E-state index in [1.807, 2.05) is 0 Å². The molecule has 300 valence electrons. The van der Waals surface area contributed by atoms with E-state index in [9.17, 15) is 23.8 Å². The predicted octanol–water partition coefficient (Wildman–Crippen LogP) is 10.1. The van der Waals surface area contributed by atoms with E-state index < -0.39 is 51.1 Å². The van der Waals surface area contributed by atoms with Crippen molar-refractivity contribution >= 4 is 25.7 Å². The van der Waals surface area contributed by atoms with Crippen LogP contribution < -0.4 is 5.73 Å². The minimum Gasteiger partial charge on any atom is -0.480 e. The standard InChI is InChI=1S/C39H74NO10P/c1-3-5-7-9-11-13-15-17-18-19-21-23-25-27-29-31-38(42)50-35(33-48-51(45,46)49-34-36(40)39(43)44)32-47-37(41)30-28-26-24-22-20-16-14-12-10-8-6-4-2/h12,14,35-36H,3-11,13,15-34,40H2,1-2H3,(H,43,44)(H,45,46)/b14-12-/t35-,36+/m1/s1. The van der Waals surface area contributed by atoms with Crippen LogP contribution in [0.4, 0.5) is 0 Å². The van der Waals surface area contributed by atoms with Gasteiger partial charge in [-0.2, -0.15) is 0 Å². The lowest BCUT2D eigenvalue weighted by molar-refractivity contribution is -0.161. The number of hydrogen-bond acceptors (Lipinski definition) is 9. The topological polar surface area (TPSA) is 172 Å². The number of unbranched alkanes of at least 4 members (excludes halogenated alkanes) is 22. The van der Waals surface area contributed by atoms with Crippen LogP contribution in [0.1, 0.15) is 187 Å². The molecule has 0 radical (unpaired) electrons. The van der Waals surface area contributed by atoms with Gasteiger partial charge in [-0.25, -0.2) is 4.57 Å². The molecule has 0 heterocycles. The molecule has 0 rings (SSSR count). The molecule has 51 heavy (non-hydrogen) atoms. The predicted molar refractivity (Wildman–Crippen MR) is 203 cm³/mol. The van der Waals surface area contributed by atoms with E-state index in [0.717, 1.165) is 57.8 Å². The second-order valence-electron chi connectivity index (χ2n) is 13.8. The summed E-state index contributed by atoms with van der Waals surface area (Å²) in [6.45, 7) is 2.77. The van der Waals surface area contributed by atoms with Crippen molar-refractivity contribution in [3.05, 3.63) is 12.2 Å². The van der Waals surface area contributed by atoms with Crippen molar-refractivity contribution in [1.82, 2.24) is 0 Å². The first-order valence-electron chi connectivity index (χ1n) is 20.2. The third kappa shape index (κ3) is 35.0. The molecule has 4 N–H and O–H groups in total. The Balaban J connectivity index is 4.39. The fourth-order valence-electron chi connectivity index (χ4n) is 5.53. The van der Waals surface area contributed by atoms with E-state index >= 15 is 0 Å². The highest BCUT2D eigenvalue weighted by molar-refractivity contribution is 7.47. The number of phosphoric acid groups is 1. The highest BCUT2D eigenvalue weighted by atomic mass is 31.2. The third-order valence-corrected chi connectivity index (χ3v) is 9.71. The molecule has 11 nitrogen and oxygen atoms in total. The molecule has 0 aromatic heterocycles.